The molecule has 1 amide bonds. The van der Waals surface area contributed by atoms with E-state index in [1.54, 1.807) is 30.5 Å². The van der Waals surface area contributed by atoms with Crippen LogP contribution in [-0.2, 0) is 32.4 Å². The molecule has 28 heavy (non-hydrogen) atoms. The molecule has 1 aromatic carbocycles. The Hall–Kier alpha value is -2.68. The fraction of sp³-hybridized carbons (Fsp3) is 0.421. The molecule has 0 saturated heterocycles. The van der Waals surface area contributed by atoms with Gasteiger partial charge in [-0.15, -0.1) is 0 Å². The highest BCUT2D eigenvalue weighted by atomic mass is 32.2. The lowest BCUT2D eigenvalue weighted by atomic mass is 10.0. The molecule has 0 aliphatic carbocycles. The third kappa shape index (κ3) is 7.15. The fourth-order valence-corrected chi connectivity index (χ4v) is 3.35. The summed E-state index contributed by atoms with van der Waals surface area (Å²) in [7, 11) is -3.21. The molecule has 0 fully saturated rings. The standard InChI is InChI=1S/C18H25N3O3S.CH2O2/c1-4-16(14-6-8-15(9-7-14)25(3,23)24)20-18(22)10-12-21-13-11-19-17(21)5-2;2-1-3/h6-9,11,13,16H,4-5,10,12H2,1-3H3,(H,20,22);1H,(H,2,3). The Kier molecular flexibility index (Phi) is 9.37. The molecule has 1 aromatic heterocycles. The Morgan fingerprint density at radius 1 is 1.29 bits per heavy atom. The number of amides is 1. The van der Waals surface area contributed by atoms with E-state index in [-0.39, 0.29) is 23.3 Å². The Bertz CT molecular complexity index is 860. The van der Waals surface area contributed by atoms with Gasteiger partial charge in [-0.05, 0) is 24.1 Å². The molecule has 0 saturated carbocycles. The topological polar surface area (TPSA) is 118 Å². The second kappa shape index (κ2) is 11.2. The number of hydrogen-bond acceptors (Lipinski definition) is 5. The van der Waals surface area contributed by atoms with Crippen molar-refractivity contribution in [2.75, 3.05) is 6.26 Å². The Balaban J connectivity index is 0.00000122. The molecule has 2 rings (SSSR count). The van der Waals surface area contributed by atoms with Crippen molar-refractivity contribution in [2.45, 2.75) is 50.6 Å². The van der Waals surface area contributed by atoms with E-state index in [0.29, 0.717) is 13.0 Å². The van der Waals surface area contributed by atoms with Crippen molar-refractivity contribution in [3.8, 4) is 0 Å². The van der Waals surface area contributed by atoms with Crippen LogP contribution in [0.25, 0.3) is 0 Å². The largest absolute Gasteiger partial charge is 0.483 e. The summed E-state index contributed by atoms with van der Waals surface area (Å²) in [6.07, 6.45) is 6.75. The molecule has 0 spiro atoms. The second-order valence-corrected chi connectivity index (χ2v) is 8.13. The van der Waals surface area contributed by atoms with E-state index in [4.69, 9.17) is 9.90 Å². The first-order chi connectivity index (χ1) is 13.3. The number of sulfone groups is 1. The molecule has 8 nitrogen and oxygen atoms in total. The number of carbonyl (C=O) groups excluding carboxylic acids is 1. The molecule has 0 aliphatic rings. The highest BCUT2D eigenvalue weighted by Gasteiger charge is 2.14. The predicted octanol–water partition coefficient (Wildman–Crippen LogP) is 2.21. The summed E-state index contributed by atoms with van der Waals surface area (Å²) in [5, 5.41) is 9.91. The number of carboxylic acid groups (broad SMARTS) is 1. The number of nitrogens with one attached hydrogen (secondary N) is 1. The fourth-order valence-electron chi connectivity index (χ4n) is 2.71. The molecule has 0 aliphatic heterocycles. The van der Waals surface area contributed by atoms with Crippen LogP contribution in [0.2, 0.25) is 0 Å². The van der Waals surface area contributed by atoms with Crippen molar-refractivity contribution in [3.63, 3.8) is 0 Å². The summed E-state index contributed by atoms with van der Waals surface area (Å²) < 4.78 is 25.1. The maximum absolute atomic E-state index is 12.3. The maximum atomic E-state index is 12.3. The van der Waals surface area contributed by atoms with E-state index >= 15 is 0 Å². The van der Waals surface area contributed by atoms with Gasteiger partial charge in [0.05, 0.1) is 10.9 Å². The molecule has 1 heterocycles. The van der Waals surface area contributed by atoms with Crippen LogP contribution < -0.4 is 5.32 Å². The highest BCUT2D eigenvalue weighted by Crippen LogP contribution is 2.19. The van der Waals surface area contributed by atoms with E-state index < -0.39 is 9.84 Å². The van der Waals surface area contributed by atoms with Crippen molar-refractivity contribution in [1.82, 2.24) is 14.9 Å². The molecular formula is C19H27N3O5S. The number of benzene rings is 1. The summed E-state index contributed by atoms with van der Waals surface area (Å²) in [4.78, 5) is 25.2. The van der Waals surface area contributed by atoms with Crippen molar-refractivity contribution in [3.05, 3.63) is 48.0 Å². The first-order valence-corrected chi connectivity index (χ1v) is 10.8. The minimum atomic E-state index is -3.21. The van der Waals surface area contributed by atoms with Gasteiger partial charge in [-0.1, -0.05) is 26.0 Å². The van der Waals surface area contributed by atoms with E-state index in [2.05, 4.69) is 10.3 Å². The molecule has 2 aromatic rings. The summed E-state index contributed by atoms with van der Waals surface area (Å²) in [5.74, 6) is 0.936. The summed E-state index contributed by atoms with van der Waals surface area (Å²) in [6.45, 7) is 4.37. The van der Waals surface area contributed by atoms with Crippen LogP contribution in [0.4, 0.5) is 0 Å². The lowest BCUT2D eigenvalue weighted by Gasteiger charge is -2.18. The van der Waals surface area contributed by atoms with Crippen molar-refractivity contribution in [1.29, 1.82) is 0 Å². The number of hydrogen-bond donors (Lipinski definition) is 2. The molecule has 0 bridgehead atoms. The summed E-state index contributed by atoms with van der Waals surface area (Å²) in [6, 6.07) is 6.55. The Morgan fingerprint density at radius 3 is 2.39 bits per heavy atom. The molecular weight excluding hydrogens is 382 g/mol. The minimum absolute atomic E-state index is 0.0326. The first kappa shape index (κ1) is 23.4. The van der Waals surface area contributed by atoms with E-state index in [1.165, 1.54) is 6.26 Å². The molecule has 1 unspecified atom stereocenters. The van der Waals surface area contributed by atoms with Gasteiger partial charge in [0.2, 0.25) is 5.91 Å². The van der Waals surface area contributed by atoms with Crippen LogP contribution in [0.15, 0.2) is 41.6 Å². The average molecular weight is 410 g/mol. The number of imidazole rings is 1. The van der Waals surface area contributed by atoms with Gasteiger partial charge < -0.3 is 15.0 Å². The SMILES string of the molecule is CCc1nccn1CCC(=O)NC(CC)c1ccc(S(C)(=O)=O)cc1.O=CO. The number of aromatic nitrogens is 2. The highest BCUT2D eigenvalue weighted by molar-refractivity contribution is 7.90. The van der Waals surface area contributed by atoms with Gasteiger partial charge in [0.1, 0.15) is 5.82 Å². The third-order valence-electron chi connectivity index (χ3n) is 4.15. The Labute approximate surface area is 165 Å². The minimum Gasteiger partial charge on any atom is -0.483 e. The first-order valence-electron chi connectivity index (χ1n) is 8.94. The molecule has 1 atom stereocenters. The predicted molar refractivity (Wildman–Crippen MR) is 106 cm³/mol. The van der Waals surface area contributed by atoms with Gasteiger partial charge in [0.25, 0.3) is 6.47 Å². The number of aryl methyl sites for hydroxylation is 2. The van der Waals surface area contributed by atoms with Gasteiger partial charge >= 0.3 is 0 Å². The summed E-state index contributed by atoms with van der Waals surface area (Å²) in [5.41, 5.74) is 0.903. The van der Waals surface area contributed by atoms with Crippen molar-refractivity contribution in [2.24, 2.45) is 0 Å². The van der Waals surface area contributed by atoms with Gasteiger partial charge in [0, 0.05) is 38.0 Å². The van der Waals surface area contributed by atoms with Crippen LogP contribution in [0.1, 0.15) is 44.1 Å². The van der Waals surface area contributed by atoms with Gasteiger partial charge in [-0.25, -0.2) is 13.4 Å². The number of carbonyl (C=O) groups is 2. The van der Waals surface area contributed by atoms with E-state index in [9.17, 15) is 13.2 Å². The molecule has 9 heteroatoms. The maximum Gasteiger partial charge on any atom is 0.290 e. The Morgan fingerprint density at radius 2 is 1.89 bits per heavy atom. The zero-order chi connectivity index (χ0) is 21.2. The monoisotopic (exact) mass is 409 g/mol. The van der Waals surface area contributed by atoms with Crippen molar-refractivity contribution >= 4 is 22.2 Å². The smallest absolute Gasteiger partial charge is 0.290 e. The van der Waals surface area contributed by atoms with Crippen molar-refractivity contribution < 1.29 is 23.1 Å². The van der Waals surface area contributed by atoms with Crippen LogP contribution in [0.3, 0.4) is 0 Å². The third-order valence-corrected chi connectivity index (χ3v) is 5.28. The lowest BCUT2D eigenvalue weighted by Crippen LogP contribution is -2.29. The number of rotatable bonds is 8. The van der Waals surface area contributed by atoms with Crippen LogP contribution in [0.5, 0.6) is 0 Å². The molecule has 0 radical (unpaired) electrons. The second-order valence-electron chi connectivity index (χ2n) is 6.12. The zero-order valence-electron chi connectivity index (χ0n) is 16.3. The van der Waals surface area contributed by atoms with E-state index in [1.807, 2.05) is 24.6 Å². The lowest BCUT2D eigenvalue weighted by molar-refractivity contribution is -0.123. The van der Waals surface area contributed by atoms with Gasteiger partial charge in [-0.2, -0.15) is 0 Å². The van der Waals surface area contributed by atoms with Crippen LogP contribution >= 0.6 is 0 Å². The molecule has 154 valence electrons. The normalized spacial score (nSPS) is 11.8. The average Bonchev–Trinajstić information content (AvgIpc) is 3.12. The quantitative estimate of drug-likeness (QED) is 0.645. The summed E-state index contributed by atoms with van der Waals surface area (Å²) >= 11 is 0. The van der Waals surface area contributed by atoms with Crippen LogP contribution in [-0.4, -0.2) is 41.7 Å². The van der Waals surface area contributed by atoms with Gasteiger partial charge in [0.15, 0.2) is 9.84 Å². The number of nitrogens with zero attached hydrogens (tertiary/aromatic N) is 2. The van der Waals surface area contributed by atoms with Gasteiger partial charge in [-0.3, -0.25) is 9.59 Å². The van der Waals surface area contributed by atoms with Crippen LogP contribution in [0, 0.1) is 0 Å². The zero-order valence-corrected chi connectivity index (χ0v) is 17.1. The molecule has 2 N–H and O–H groups in total. The van der Waals surface area contributed by atoms with E-state index in [0.717, 1.165) is 24.2 Å².